The molecule has 2 amide bonds. The van der Waals surface area contributed by atoms with Crippen LogP contribution >= 0.6 is 0 Å². The number of ether oxygens (including phenoxy) is 1. The van der Waals surface area contributed by atoms with Crippen molar-refractivity contribution in [3.8, 4) is 0 Å². The molecule has 2 rings (SSSR count). The number of hydrogen-bond acceptors (Lipinski definition) is 3. The number of rotatable bonds is 3. The molecule has 4 unspecified atom stereocenters. The highest BCUT2D eigenvalue weighted by molar-refractivity contribution is 5.83. The Kier molecular flexibility index (Phi) is 4.86. The Morgan fingerprint density at radius 2 is 2.10 bits per heavy atom. The first-order valence-electron chi connectivity index (χ1n) is 7.39. The second-order valence-corrected chi connectivity index (χ2v) is 5.91. The van der Waals surface area contributed by atoms with Crippen LogP contribution in [0.4, 0.5) is 4.79 Å². The minimum absolute atomic E-state index is 0.000683. The van der Waals surface area contributed by atoms with Crippen LogP contribution in [0, 0.1) is 11.8 Å². The summed E-state index contributed by atoms with van der Waals surface area (Å²) < 4.78 is 5.46. The van der Waals surface area contributed by atoms with Crippen LogP contribution in [0.1, 0.15) is 33.1 Å². The van der Waals surface area contributed by atoms with Gasteiger partial charge in [0, 0.05) is 25.6 Å². The summed E-state index contributed by atoms with van der Waals surface area (Å²) >= 11 is 0. The van der Waals surface area contributed by atoms with E-state index in [0.29, 0.717) is 19.0 Å². The Morgan fingerprint density at radius 1 is 1.35 bits per heavy atom. The Morgan fingerprint density at radius 3 is 2.70 bits per heavy atom. The van der Waals surface area contributed by atoms with Gasteiger partial charge in [-0.25, -0.2) is 9.59 Å². The molecule has 0 spiro atoms. The summed E-state index contributed by atoms with van der Waals surface area (Å²) in [6.45, 7) is 5.71. The third-order valence-corrected chi connectivity index (χ3v) is 4.50. The molecule has 2 heterocycles. The molecule has 0 aromatic carbocycles. The van der Waals surface area contributed by atoms with Crippen LogP contribution in [0.5, 0.6) is 0 Å². The van der Waals surface area contributed by atoms with Gasteiger partial charge in [-0.15, -0.1) is 0 Å². The van der Waals surface area contributed by atoms with E-state index in [1.54, 1.807) is 0 Å². The van der Waals surface area contributed by atoms with Crippen LogP contribution in [-0.2, 0) is 9.53 Å². The number of urea groups is 1. The van der Waals surface area contributed by atoms with Crippen molar-refractivity contribution in [2.45, 2.75) is 45.3 Å². The normalized spacial score (nSPS) is 34.0. The van der Waals surface area contributed by atoms with Crippen molar-refractivity contribution in [2.75, 3.05) is 19.7 Å². The Hall–Kier alpha value is -1.30. The first-order chi connectivity index (χ1) is 9.50. The molecule has 4 atom stereocenters. The molecule has 2 N–H and O–H groups in total. The van der Waals surface area contributed by atoms with E-state index in [4.69, 9.17) is 4.74 Å². The molecular weight excluding hydrogens is 260 g/mol. The fourth-order valence-electron chi connectivity index (χ4n) is 3.16. The molecule has 6 heteroatoms. The van der Waals surface area contributed by atoms with Gasteiger partial charge < -0.3 is 20.1 Å². The van der Waals surface area contributed by atoms with Crippen molar-refractivity contribution in [1.29, 1.82) is 0 Å². The molecule has 0 saturated carbocycles. The number of carboxylic acid groups (broad SMARTS) is 1. The van der Waals surface area contributed by atoms with Crippen LogP contribution < -0.4 is 5.32 Å². The fraction of sp³-hybridized carbons (Fsp3) is 0.857. The zero-order chi connectivity index (χ0) is 14.7. The molecule has 0 aliphatic carbocycles. The van der Waals surface area contributed by atoms with Crippen molar-refractivity contribution in [3.63, 3.8) is 0 Å². The number of carbonyl (C=O) groups is 2. The number of hydrogen-bond donors (Lipinski definition) is 2. The lowest BCUT2D eigenvalue weighted by Crippen LogP contribution is -2.55. The van der Waals surface area contributed by atoms with Gasteiger partial charge in [-0.1, -0.05) is 6.92 Å². The van der Waals surface area contributed by atoms with Crippen molar-refractivity contribution < 1.29 is 19.4 Å². The summed E-state index contributed by atoms with van der Waals surface area (Å²) in [5.74, 6) is -0.588. The third kappa shape index (κ3) is 3.23. The number of carboxylic acids is 1. The van der Waals surface area contributed by atoms with Gasteiger partial charge in [0.05, 0.1) is 6.10 Å². The number of amides is 2. The molecule has 2 saturated heterocycles. The quantitative estimate of drug-likeness (QED) is 0.819. The second-order valence-electron chi connectivity index (χ2n) is 5.91. The predicted octanol–water partition coefficient (Wildman–Crippen LogP) is 1.31. The van der Waals surface area contributed by atoms with E-state index in [-0.39, 0.29) is 18.1 Å². The summed E-state index contributed by atoms with van der Waals surface area (Å²) in [5, 5.41) is 12.2. The van der Waals surface area contributed by atoms with E-state index in [1.807, 2.05) is 13.8 Å². The summed E-state index contributed by atoms with van der Waals surface area (Å²) in [6, 6.07) is -0.968. The van der Waals surface area contributed by atoms with Gasteiger partial charge in [-0.3, -0.25) is 0 Å². The number of carbonyl (C=O) groups excluding carboxylic acids is 1. The van der Waals surface area contributed by atoms with Crippen molar-refractivity contribution in [1.82, 2.24) is 10.2 Å². The third-order valence-electron chi connectivity index (χ3n) is 4.50. The summed E-state index contributed by atoms with van der Waals surface area (Å²) in [5.41, 5.74) is 0. The lowest BCUT2D eigenvalue weighted by Gasteiger charge is -2.37. The van der Waals surface area contributed by atoms with E-state index in [0.717, 1.165) is 25.9 Å². The zero-order valence-corrected chi connectivity index (χ0v) is 12.2. The van der Waals surface area contributed by atoms with Gasteiger partial charge in [0.25, 0.3) is 0 Å². The molecule has 2 aliphatic heterocycles. The van der Waals surface area contributed by atoms with E-state index in [2.05, 4.69) is 5.32 Å². The largest absolute Gasteiger partial charge is 0.480 e. The first kappa shape index (κ1) is 15.1. The minimum Gasteiger partial charge on any atom is -0.480 e. The molecule has 2 aliphatic rings. The summed E-state index contributed by atoms with van der Waals surface area (Å²) in [6.07, 6.45) is 2.82. The van der Waals surface area contributed by atoms with E-state index >= 15 is 0 Å². The fourth-order valence-corrected chi connectivity index (χ4v) is 3.16. The number of likely N-dealkylation sites (tertiary alicyclic amines) is 1. The Labute approximate surface area is 119 Å². The van der Waals surface area contributed by atoms with E-state index < -0.39 is 12.0 Å². The molecule has 20 heavy (non-hydrogen) atoms. The minimum atomic E-state index is -0.912. The van der Waals surface area contributed by atoms with Crippen LogP contribution in [0.25, 0.3) is 0 Å². The van der Waals surface area contributed by atoms with Crippen LogP contribution in [0.2, 0.25) is 0 Å². The van der Waals surface area contributed by atoms with Gasteiger partial charge in [-0.05, 0) is 32.1 Å². The highest BCUT2D eigenvalue weighted by Crippen LogP contribution is 2.24. The molecular formula is C14H24N2O4. The number of nitrogens with one attached hydrogen (secondary N) is 1. The molecule has 0 aromatic rings. The average molecular weight is 284 g/mol. The number of piperidine rings is 1. The molecule has 6 nitrogen and oxygen atoms in total. The Bertz CT molecular complexity index is 374. The Balaban J connectivity index is 1.91. The van der Waals surface area contributed by atoms with Gasteiger partial charge >= 0.3 is 12.0 Å². The maximum Gasteiger partial charge on any atom is 0.326 e. The van der Waals surface area contributed by atoms with Crippen molar-refractivity contribution >= 4 is 12.0 Å². The summed E-state index contributed by atoms with van der Waals surface area (Å²) in [4.78, 5) is 25.1. The lowest BCUT2D eigenvalue weighted by molar-refractivity contribution is -0.145. The zero-order valence-electron chi connectivity index (χ0n) is 12.2. The van der Waals surface area contributed by atoms with Gasteiger partial charge in [0.15, 0.2) is 0 Å². The molecule has 0 aromatic heterocycles. The summed E-state index contributed by atoms with van der Waals surface area (Å²) in [7, 11) is 0. The first-order valence-corrected chi connectivity index (χ1v) is 7.39. The smallest absolute Gasteiger partial charge is 0.326 e. The molecule has 114 valence electrons. The van der Waals surface area contributed by atoms with E-state index in [9.17, 15) is 14.7 Å². The lowest BCUT2D eigenvalue weighted by atomic mass is 9.91. The van der Waals surface area contributed by atoms with Crippen molar-refractivity contribution in [2.24, 2.45) is 11.8 Å². The predicted molar refractivity (Wildman–Crippen MR) is 73.4 cm³/mol. The van der Waals surface area contributed by atoms with Gasteiger partial charge in [-0.2, -0.15) is 0 Å². The van der Waals surface area contributed by atoms with E-state index in [1.165, 1.54) is 4.90 Å². The van der Waals surface area contributed by atoms with Crippen LogP contribution in [0.3, 0.4) is 0 Å². The van der Waals surface area contributed by atoms with Crippen LogP contribution in [-0.4, -0.2) is 53.8 Å². The monoisotopic (exact) mass is 284 g/mol. The average Bonchev–Trinajstić information content (AvgIpc) is 2.80. The molecule has 0 radical (unpaired) electrons. The highest BCUT2D eigenvalue weighted by atomic mass is 16.5. The maximum atomic E-state index is 12.2. The molecule has 2 fully saturated rings. The topological polar surface area (TPSA) is 78.9 Å². The highest BCUT2D eigenvalue weighted by Gasteiger charge is 2.37. The van der Waals surface area contributed by atoms with Gasteiger partial charge in [0.2, 0.25) is 0 Å². The molecule has 0 bridgehead atoms. The standard InChI is InChI=1S/C14H24N2O4/c1-9-4-3-6-16(12(9)13(17)18)14(19)15-8-11-5-7-20-10(11)2/h9-12H,3-8H2,1-2H3,(H,15,19)(H,17,18). The van der Waals surface area contributed by atoms with Gasteiger partial charge in [0.1, 0.15) is 6.04 Å². The van der Waals surface area contributed by atoms with Crippen molar-refractivity contribution in [3.05, 3.63) is 0 Å². The SMILES string of the molecule is CC1CCCN(C(=O)NCC2CCOC2C)C1C(=O)O. The number of aliphatic carboxylic acids is 1. The maximum absolute atomic E-state index is 12.2. The number of nitrogens with zero attached hydrogens (tertiary/aromatic N) is 1. The van der Waals surface area contributed by atoms with Crippen LogP contribution in [0.15, 0.2) is 0 Å². The second kappa shape index (κ2) is 6.43.